The van der Waals surface area contributed by atoms with Crippen LogP contribution in [-0.2, 0) is 6.54 Å². The topological polar surface area (TPSA) is 127 Å². The number of nitrogens with zero attached hydrogens (tertiary/aromatic N) is 3. The van der Waals surface area contributed by atoms with Gasteiger partial charge in [0.15, 0.2) is 0 Å². The second kappa shape index (κ2) is 10.9. The van der Waals surface area contributed by atoms with Crippen LogP contribution in [0.4, 0.5) is 11.6 Å². The van der Waals surface area contributed by atoms with Crippen molar-refractivity contribution in [2.75, 3.05) is 23.7 Å². The molecule has 1 amide bonds. The van der Waals surface area contributed by atoms with Crippen molar-refractivity contribution in [1.29, 1.82) is 5.41 Å². The number of hydrogen-bond donors (Lipinski definition) is 4. The first-order valence-electron chi connectivity index (χ1n) is 11.1. The van der Waals surface area contributed by atoms with Crippen molar-refractivity contribution in [3.05, 3.63) is 79.4 Å². The van der Waals surface area contributed by atoms with Gasteiger partial charge in [0, 0.05) is 38.1 Å². The number of anilines is 2. The summed E-state index contributed by atoms with van der Waals surface area (Å²) >= 11 is 12.0. The van der Waals surface area contributed by atoms with Gasteiger partial charge in [0.1, 0.15) is 17.1 Å². The number of aromatic nitrogens is 3. The Balaban J connectivity index is 1.38. The first kappa shape index (κ1) is 24.7. The van der Waals surface area contributed by atoms with Crippen LogP contribution < -0.4 is 16.2 Å². The summed E-state index contributed by atoms with van der Waals surface area (Å²) in [5.74, 6) is 0.153. The number of H-pyrrole nitrogens is 1. The van der Waals surface area contributed by atoms with Crippen LogP contribution in [0, 0.1) is 12.3 Å². The van der Waals surface area contributed by atoms with Crippen molar-refractivity contribution < 1.29 is 4.79 Å². The van der Waals surface area contributed by atoms with Gasteiger partial charge in [-0.05, 0) is 55.2 Å². The van der Waals surface area contributed by atoms with E-state index in [0.29, 0.717) is 48.2 Å². The molecular formula is C24H25Cl2N7O2. The summed E-state index contributed by atoms with van der Waals surface area (Å²) in [5.41, 5.74) is 2.38. The van der Waals surface area contributed by atoms with Gasteiger partial charge in [0.2, 0.25) is 5.95 Å². The molecule has 0 bridgehead atoms. The molecule has 0 spiro atoms. The number of halogens is 2. The van der Waals surface area contributed by atoms with Gasteiger partial charge in [-0.2, -0.15) is 0 Å². The molecule has 0 aliphatic carbocycles. The first-order chi connectivity index (χ1) is 16.8. The highest BCUT2D eigenvalue weighted by Crippen LogP contribution is 2.23. The molecule has 35 heavy (non-hydrogen) atoms. The lowest BCUT2D eigenvalue weighted by Crippen LogP contribution is -2.43. The molecule has 1 aliphatic heterocycles. The fraction of sp³-hybridized carbons (Fsp3) is 0.292. The zero-order valence-corrected chi connectivity index (χ0v) is 20.6. The van der Waals surface area contributed by atoms with Crippen LogP contribution in [0.3, 0.4) is 0 Å². The minimum atomic E-state index is -0.377. The summed E-state index contributed by atoms with van der Waals surface area (Å²) < 4.78 is 0. The van der Waals surface area contributed by atoms with Gasteiger partial charge < -0.3 is 20.9 Å². The zero-order chi connectivity index (χ0) is 24.9. The Kier molecular flexibility index (Phi) is 7.67. The minimum absolute atomic E-state index is 0.0267. The number of rotatable bonds is 7. The van der Waals surface area contributed by atoms with E-state index in [0.717, 1.165) is 17.3 Å². The van der Waals surface area contributed by atoms with Gasteiger partial charge >= 0.3 is 0 Å². The van der Waals surface area contributed by atoms with E-state index in [2.05, 4.69) is 25.6 Å². The summed E-state index contributed by atoms with van der Waals surface area (Å²) in [4.78, 5) is 38.5. The number of nitrogens with one attached hydrogen (secondary N) is 4. The first-order valence-corrected chi connectivity index (χ1v) is 11.9. The van der Waals surface area contributed by atoms with Gasteiger partial charge in [0.25, 0.3) is 11.5 Å². The number of likely N-dealkylation sites (tertiary alicyclic amines) is 1. The van der Waals surface area contributed by atoms with Crippen molar-refractivity contribution in [2.24, 2.45) is 0 Å². The fourth-order valence-electron chi connectivity index (χ4n) is 3.90. The molecule has 4 N–H and O–H groups in total. The van der Waals surface area contributed by atoms with Gasteiger partial charge in [-0.3, -0.25) is 19.6 Å². The Labute approximate surface area is 212 Å². The Morgan fingerprint density at radius 3 is 2.69 bits per heavy atom. The summed E-state index contributed by atoms with van der Waals surface area (Å²) in [5, 5.41) is 14.9. The van der Waals surface area contributed by atoms with Crippen molar-refractivity contribution >= 4 is 47.0 Å². The third-order valence-corrected chi connectivity index (χ3v) is 6.53. The number of benzene rings is 1. The minimum Gasteiger partial charge on any atom is -0.376 e. The number of carbonyl (C=O) groups excluding carboxylic acids is 1. The lowest BCUT2D eigenvalue weighted by atomic mass is 10.0. The highest BCUT2D eigenvalue weighted by molar-refractivity contribution is 6.42. The molecule has 1 saturated heterocycles. The number of pyridine rings is 1. The molecular weight excluding hydrogens is 489 g/mol. The zero-order valence-electron chi connectivity index (χ0n) is 19.1. The molecule has 0 unspecified atom stereocenters. The largest absolute Gasteiger partial charge is 0.376 e. The number of aryl methyl sites for hydroxylation is 1. The second-order valence-corrected chi connectivity index (χ2v) is 9.16. The van der Waals surface area contributed by atoms with E-state index in [1.807, 2.05) is 19.1 Å². The molecule has 182 valence electrons. The van der Waals surface area contributed by atoms with Crippen molar-refractivity contribution in [2.45, 2.75) is 32.4 Å². The maximum absolute atomic E-state index is 12.8. The van der Waals surface area contributed by atoms with E-state index in [4.69, 9.17) is 28.6 Å². The Morgan fingerprint density at radius 1 is 1.23 bits per heavy atom. The molecule has 0 atom stereocenters. The molecule has 3 aromatic rings. The van der Waals surface area contributed by atoms with Crippen LogP contribution in [0.15, 0.2) is 41.3 Å². The molecule has 9 nitrogen and oxygen atoms in total. The monoisotopic (exact) mass is 513 g/mol. The number of piperidine rings is 1. The van der Waals surface area contributed by atoms with Crippen LogP contribution in [0.1, 0.15) is 40.2 Å². The molecule has 3 heterocycles. The highest BCUT2D eigenvalue weighted by atomic mass is 35.5. The molecule has 4 rings (SSSR count). The maximum atomic E-state index is 12.8. The predicted octanol–water partition coefficient (Wildman–Crippen LogP) is 4.11. The third kappa shape index (κ3) is 5.98. The maximum Gasteiger partial charge on any atom is 0.276 e. The molecule has 0 radical (unpaired) electrons. The van der Waals surface area contributed by atoms with Crippen molar-refractivity contribution in [3.63, 3.8) is 0 Å². The number of hydrogen-bond acceptors (Lipinski definition) is 7. The molecule has 11 heteroatoms. The van der Waals surface area contributed by atoms with Gasteiger partial charge in [0.05, 0.1) is 10.0 Å². The van der Waals surface area contributed by atoms with Crippen LogP contribution in [0.2, 0.25) is 10.0 Å². The SMILES string of the molecule is Cc1ccnc(C(=O)N2CCC(Nc3c(C=N)nc(NCc4ccc(Cl)c(Cl)c4)[nH]c3=O)CC2)c1. The van der Waals surface area contributed by atoms with Gasteiger partial charge in [-0.25, -0.2) is 4.98 Å². The van der Waals surface area contributed by atoms with Crippen LogP contribution in [-0.4, -0.2) is 51.1 Å². The number of aromatic amines is 1. The Hall–Kier alpha value is -3.43. The number of amides is 1. The average molecular weight is 514 g/mol. The number of carbonyl (C=O) groups is 1. The standard InChI is InChI=1S/C24H25Cl2N7O2/c1-14-4-7-28-19(10-14)23(35)33-8-5-16(6-9-33)30-21-20(12-27)31-24(32-22(21)34)29-13-15-2-3-17(25)18(26)11-15/h2-4,7,10-12,16,27,30H,5-6,8-9,13H2,1H3,(H2,29,31,32,34). The Morgan fingerprint density at radius 2 is 2.00 bits per heavy atom. The molecule has 2 aromatic heterocycles. The molecule has 0 saturated carbocycles. The summed E-state index contributed by atoms with van der Waals surface area (Å²) in [6.45, 7) is 3.38. The fourth-order valence-corrected chi connectivity index (χ4v) is 4.22. The smallest absolute Gasteiger partial charge is 0.276 e. The van der Waals surface area contributed by atoms with Crippen molar-refractivity contribution in [3.8, 4) is 0 Å². The average Bonchev–Trinajstić information content (AvgIpc) is 2.86. The van der Waals surface area contributed by atoms with E-state index < -0.39 is 0 Å². The molecule has 1 aliphatic rings. The predicted molar refractivity (Wildman–Crippen MR) is 138 cm³/mol. The van der Waals surface area contributed by atoms with E-state index in [9.17, 15) is 9.59 Å². The van der Waals surface area contributed by atoms with Crippen LogP contribution >= 0.6 is 23.2 Å². The normalized spacial score (nSPS) is 14.0. The third-order valence-electron chi connectivity index (χ3n) is 5.79. The van der Waals surface area contributed by atoms with Crippen LogP contribution in [0.5, 0.6) is 0 Å². The Bertz CT molecular complexity index is 1300. The lowest BCUT2D eigenvalue weighted by Gasteiger charge is -2.32. The van der Waals surface area contributed by atoms with E-state index in [1.54, 1.807) is 29.3 Å². The van der Waals surface area contributed by atoms with E-state index in [-0.39, 0.29) is 34.8 Å². The van der Waals surface area contributed by atoms with E-state index >= 15 is 0 Å². The van der Waals surface area contributed by atoms with Gasteiger partial charge in [-0.1, -0.05) is 29.3 Å². The summed E-state index contributed by atoms with van der Waals surface area (Å²) in [6, 6.07) is 8.86. The van der Waals surface area contributed by atoms with E-state index in [1.165, 1.54) is 0 Å². The van der Waals surface area contributed by atoms with Crippen LogP contribution in [0.25, 0.3) is 0 Å². The summed E-state index contributed by atoms with van der Waals surface area (Å²) in [6.07, 6.45) is 4.00. The van der Waals surface area contributed by atoms with Crippen molar-refractivity contribution in [1.82, 2.24) is 19.9 Å². The second-order valence-electron chi connectivity index (χ2n) is 8.35. The molecule has 1 aromatic carbocycles. The summed E-state index contributed by atoms with van der Waals surface area (Å²) in [7, 11) is 0. The quantitative estimate of drug-likeness (QED) is 0.352. The highest BCUT2D eigenvalue weighted by Gasteiger charge is 2.25. The lowest BCUT2D eigenvalue weighted by molar-refractivity contribution is 0.0712. The molecule has 1 fully saturated rings. The van der Waals surface area contributed by atoms with Gasteiger partial charge in [-0.15, -0.1) is 0 Å².